The molecule has 0 saturated carbocycles. The van der Waals surface area contributed by atoms with Gasteiger partial charge in [-0.1, -0.05) is 28.4 Å². The van der Waals surface area contributed by atoms with Gasteiger partial charge in [0.05, 0.1) is 29.1 Å². The van der Waals surface area contributed by atoms with Gasteiger partial charge in [0.1, 0.15) is 19.4 Å². The zero-order valence-corrected chi connectivity index (χ0v) is 19.6. The van der Waals surface area contributed by atoms with Crippen molar-refractivity contribution in [3.8, 4) is 5.75 Å². The van der Waals surface area contributed by atoms with E-state index in [2.05, 4.69) is 10.3 Å². The zero-order chi connectivity index (χ0) is 24.3. The molecule has 1 amide bonds. The number of carbonyl (C=O) groups excluding carboxylic acids is 1. The summed E-state index contributed by atoms with van der Waals surface area (Å²) in [5.41, 5.74) is 0.408. The zero-order valence-electron chi connectivity index (χ0n) is 18.1. The number of hydrogen-bond donors (Lipinski definition) is 0. The molecule has 1 aliphatic heterocycles. The molecule has 0 spiro atoms. The molecule has 0 aliphatic carbocycles. The Bertz CT molecular complexity index is 1050. The SMILES string of the molecule is CON=Cc1cc(Cl)c(OC)cc1N1CCN(C(=O)Cn2nc(C(F)(F)F)c(Cl)c2C)CC1. The van der Waals surface area contributed by atoms with Crippen LogP contribution in [0.25, 0.3) is 0 Å². The lowest BCUT2D eigenvalue weighted by Crippen LogP contribution is -2.50. The van der Waals surface area contributed by atoms with Gasteiger partial charge in [0, 0.05) is 43.5 Å². The van der Waals surface area contributed by atoms with Crippen molar-refractivity contribution < 1.29 is 27.5 Å². The third-order valence-corrected chi connectivity index (χ3v) is 6.01. The first-order valence-corrected chi connectivity index (χ1v) is 10.6. The van der Waals surface area contributed by atoms with E-state index in [1.807, 2.05) is 4.90 Å². The summed E-state index contributed by atoms with van der Waals surface area (Å²) in [6.07, 6.45) is -3.16. The van der Waals surface area contributed by atoms with E-state index in [0.717, 1.165) is 10.4 Å². The molecule has 8 nitrogen and oxygen atoms in total. The first kappa shape index (κ1) is 25.0. The van der Waals surface area contributed by atoms with Crippen LogP contribution >= 0.6 is 23.2 Å². The van der Waals surface area contributed by atoms with Crippen molar-refractivity contribution in [3.05, 3.63) is 39.1 Å². The Labute approximate surface area is 198 Å². The Morgan fingerprint density at radius 3 is 2.42 bits per heavy atom. The van der Waals surface area contributed by atoms with Crippen molar-refractivity contribution in [2.75, 3.05) is 45.3 Å². The number of piperazine rings is 1. The van der Waals surface area contributed by atoms with Crippen molar-refractivity contribution in [1.82, 2.24) is 14.7 Å². The normalized spacial score (nSPS) is 14.8. The van der Waals surface area contributed by atoms with E-state index in [4.69, 9.17) is 32.8 Å². The van der Waals surface area contributed by atoms with Crippen LogP contribution in [0.4, 0.5) is 18.9 Å². The quantitative estimate of drug-likeness (QED) is 0.438. The molecule has 2 aromatic rings. The molecule has 0 N–H and O–H groups in total. The second-order valence-corrected chi connectivity index (χ2v) is 8.02. The Morgan fingerprint density at radius 2 is 1.88 bits per heavy atom. The predicted octanol–water partition coefficient (Wildman–Crippen LogP) is 3.85. The molecule has 3 rings (SSSR count). The van der Waals surface area contributed by atoms with Crippen molar-refractivity contribution in [2.45, 2.75) is 19.6 Å². The van der Waals surface area contributed by atoms with Gasteiger partial charge in [-0.05, 0) is 13.0 Å². The summed E-state index contributed by atoms with van der Waals surface area (Å²) < 4.78 is 45.4. The highest BCUT2D eigenvalue weighted by molar-refractivity contribution is 6.32. The molecule has 0 unspecified atom stereocenters. The number of methoxy groups -OCH3 is 1. The number of benzene rings is 1. The third kappa shape index (κ3) is 5.47. The smallest absolute Gasteiger partial charge is 0.436 e. The Balaban J connectivity index is 1.72. The maximum atomic E-state index is 13.0. The number of anilines is 1. The second-order valence-electron chi connectivity index (χ2n) is 7.23. The van der Waals surface area contributed by atoms with Gasteiger partial charge >= 0.3 is 6.18 Å². The van der Waals surface area contributed by atoms with Gasteiger partial charge < -0.3 is 19.4 Å². The van der Waals surface area contributed by atoms with Crippen molar-refractivity contribution in [2.24, 2.45) is 5.16 Å². The van der Waals surface area contributed by atoms with Crippen LogP contribution < -0.4 is 9.64 Å². The molecule has 1 aliphatic rings. The molecule has 180 valence electrons. The number of nitrogens with zero attached hydrogens (tertiary/aromatic N) is 5. The van der Waals surface area contributed by atoms with Gasteiger partial charge in [0.2, 0.25) is 5.91 Å². The third-order valence-electron chi connectivity index (χ3n) is 5.26. The maximum Gasteiger partial charge on any atom is 0.436 e. The lowest BCUT2D eigenvalue weighted by molar-refractivity contribution is -0.142. The molecule has 13 heteroatoms. The minimum atomic E-state index is -4.69. The van der Waals surface area contributed by atoms with E-state index in [-0.39, 0.29) is 18.1 Å². The summed E-state index contributed by atoms with van der Waals surface area (Å²) in [4.78, 5) is 21.1. The van der Waals surface area contributed by atoms with E-state index in [1.54, 1.807) is 17.0 Å². The lowest BCUT2D eigenvalue weighted by atomic mass is 10.1. The largest absolute Gasteiger partial charge is 0.495 e. The van der Waals surface area contributed by atoms with Gasteiger partial charge in [-0.3, -0.25) is 9.48 Å². The molecule has 1 aromatic heterocycles. The minimum Gasteiger partial charge on any atom is -0.495 e. The molecule has 0 radical (unpaired) electrons. The number of oxime groups is 1. The van der Waals surface area contributed by atoms with Gasteiger partial charge in [-0.15, -0.1) is 0 Å². The monoisotopic (exact) mass is 507 g/mol. The summed E-state index contributed by atoms with van der Waals surface area (Å²) in [6, 6.07) is 3.49. The van der Waals surface area contributed by atoms with Crippen LogP contribution in [0.15, 0.2) is 17.3 Å². The summed E-state index contributed by atoms with van der Waals surface area (Å²) in [5.74, 6) is 0.145. The van der Waals surface area contributed by atoms with Crippen LogP contribution in [0.2, 0.25) is 10.0 Å². The fourth-order valence-electron chi connectivity index (χ4n) is 3.49. The Kier molecular flexibility index (Phi) is 7.63. The number of ether oxygens (including phenoxy) is 1. The predicted molar refractivity (Wildman–Crippen MR) is 118 cm³/mol. The molecule has 1 fully saturated rings. The number of halogens is 5. The van der Waals surface area contributed by atoms with Crippen LogP contribution in [0.5, 0.6) is 5.75 Å². The number of alkyl halides is 3. The van der Waals surface area contributed by atoms with Crippen LogP contribution in [0, 0.1) is 6.92 Å². The number of aromatic nitrogens is 2. The van der Waals surface area contributed by atoms with E-state index in [1.165, 1.54) is 27.4 Å². The summed E-state index contributed by atoms with van der Waals surface area (Å²) in [5, 5.41) is 7.21. The van der Waals surface area contributed by atoms with Crippen LogP contribution in [-0.2, 0) is 22.4 Å². The van der Waals surface area contributed by atoms with Crippen molar-refractivity contribution in [3.63, 3.8) is 0 Å². The number of amides is 1. The van der Waals surface area contributed by atoms with E-state index in [0.29, 0.717) is 42.5 Å². The summed E-state index contributed by atoms with van der Waals surface area (Å²) in [7, 11) is 2.94. The molecule has 0 atom stereocenters. The highest BCUT2D eigenvalue weighted by Gasteiger charge is 2.38. The number of rotatable bonds is 6. The Hall–Kier alpha value is -2.66. The average molecular weight is 508 g/mol. The highest BCUT2D eigenvalue weighted by Crippen LogP contribution is 2.35. The topological polar surface area (TPSA) is 72.2 Å². The molecule has 2 heterocycles. The fourth-order valence-corrected chi connectivity index (χ4v) is 3.98. The molecule has 0 bridgehead atoms. The standard InChI is InChI=1S/C20H22Cl2F3N5O3/c1-12-18(22)19(20(23,24)25)27-30(12)11-17(31)29-6-4-28(5-7-29)15-9-16(32-2)14(21)8-13(15)10-26-33-3/h8-10H,4-7,11H2,1-3H3. The molecule has 1 aromatic carbocycles. The van der Waals surface area contributed by atoms with Gasteiger partial charge in [-0.25, -0.2) is 0 Å². The van der Waals surface area contributed by atoms with E-state index in [9.17, 15) is 18.0 Å². The first-order valence-electron chi connectivity index (χ1n) is 9.83. The van der Waals surface area contributed by atoms with Crippen molar-refractivity contribution >= 4 is 41.0 Å². The fraction of sp³-hybridized carbons (Fsp3) is 0.450. The van der Waals surface area contributed by atoms with Gasteiger partial charge in [0.15, 0.2) is 5.69 Å². The van der Waals surface area contributed by atoms with Crippen LogP contribution in [0.1, 0.15) is 17.0 Å². The molecular formula is C20H22Cl2F3N5O3. The molecular weight excluding hydrogens is 486 g/mol. The average Bonchev–Trinajstić information content (AvgIpc) is 3.06. The summed E-state index contributed by atoms with van der Waals surface area (Å²) >= 11 is 12.0. The number of hydrogen-bond acceptors (Lipinski definition) is 6. The first-order chi connectivity index (χ1) is 15.6. The maximum absolute atomic E-state index is 13.0. The highest BCUT2D eigenvalue weighted by atomic mass is 35.5. The molecule has 33 heavy (non-hydrogen) atoms. The minimum absolute atomic E-state index is 0.0892. The van der Waals surface area contributed by atoms with E-state index < -0.39 is 16.9 Å². The summed E-state index contributed by atoms with van der Waals surface area (Å²) in [6.45, 7) is 2.76. The van der Waals surface area contributed by atoms with Crippen molar-refractivity contribution in [1.29, 1.82) is 0 Å². The van der Waals surface area contributed by atoms with Crippen LogP contribution in [-0.4, -0.2) is 67.2 Å². The van der Waals surface area contributed by atoms with E-state index >= 15 is 0 Å². The van der Waals surface area contributed by atoms with Gasteiger partial charge in [-0.2, -0.15) is 18.3 Å². The van der Waals surface area contributed by atoms with Crippen LogP contribution in [0.3, 0.4) is 0 Å². The number of carbonyl (C=O) groups is 1. The lowest BCUT2D eigenvalue weighted by Gasteiger charge is -2.37. The van der Waals surface area contributed by atoms with Gasteiger partial charge in [0.25, 0.3) is 0 Å². The molecule has 1 saturated heterocycles. The Morgan fingerprint density at radius 1 is 1.21 bits per heavy atom. The second kappa shape index (κ2) is 10.1.